The number of benzene rings is 2. The van der Waals surface area contributed by atoms with Gasteiger partial charge in [0.15, 0.2) is 0 Å². The highest BCUT2D eigenvalue weighted by atomic mass is 32.1. The Hall–Kier alpha value is -2.66. The van der Waals surface area contributed by atoms with E-state index in [2.05, 4.69) is 10.3 Å². The number of aromatic nitrogens is 1. The molecule has 0 radical (unpaired) electrons. The lowest BCUT2D eigenvalue weighted by molar-refractivity contribution is 0.102. The molecule has 0 saturated heterocycles. The summed E-state index contributed by atoms with van der Waals surface area (Å²) < 4.78 is 0. The van der Waals surface area contributed by atoms with E-state index in [4.69, 9.17) is 5.73 Å². The highest BCUT2D eigenvalue weighted by Crippen LogP contribution is 2.24. The normalized spacial score (nSPS) is 10.3. The van der Waals surface area contributed by atoms with Crippen LogP contribution in [-0.4, -0.2) is 10.9 Å². The Kier molecular flexibility index (Phi) is 3.66. The van der Waals surface area contributed by atoms with Crippen LogP contribution in [0.25, 0.3) is 10.6 Å². The van der Waals surface area contributed by atoms with Crippen LogP contribution in [0.4, 0.5) is 11.4 Å². The summed E-state index contributed by atoms with van der Waals surface area (Å²) in [5.41, 5.74) is 8.51. The number of nitrogen functional groups attached to an aromatic ring is 1. The molecule has 3 aromatic rings. The number of carbonyl (C=O) groups is 1. The van der Waals surface area contributed by atoms with E-state index >= 15 is 0 Å². The van der Waals surface area contributed by atoms with Crippen LogP contribution >= 0.6 is 11.3 Å². The van der Waals surface area contributed by atoms with E-state index in [-0.39, 0.29) is 5.91 Å². The number of anilines is 2. The number of nitrogens with zero attached hydrogens (tertiary/aromatic N) is 1. The zero-order valence-electron chi connectivity index (χ0n) is 11.1. The first-order valence-electron chi connectivity index (χ1n) is 6.39. The second-order valence-corrected chi connectivity index (χ2v) is 5.39. The van der Waals surface area contributed by atoms with Crippen LogP contribution < -0.4 is 11.1 Å². The third kappa shape index (κ3) is 3.09. The van der Waals surface area contributed by atoms with Crippen LogP contribution in [0.5, 0.6) is 0 Å². The van der Waals surface area contributed by atoms with E-state index in [0.717, 1.165) is 16.3 Å². The lowest BCUT2D eigenvalue weighted by Gasteiger charge is -2.07. The topological polar surface area (TPSA) is 68.0 Å². The quantitative estimate of drug-likeness (QED) is 0.725. The molecule has 104 valence electrons. The Balaban J connectivity index is 1.82. The molecule has 0 fully saturated rings. The fourth-order valence-electron chi connectivity index (χ4n) is 1.98. The average Bonchev–Trinajstić information content (AvgIpc) is 3.02. The lowest BCUT2D eigenvalue weighted by Crippen LogP contribution is -2.12. The van der Waals surface area contributed by atoms with Gasteiger partial charge in [-0.25, -0.2) is 4.98 Å². The summed E-state index contributed by atoms with van der Waals surface area (Å²) in [7, 11) is 0. The first-order chi connectivity index (χ1) is 10.2. The molecule has 3 rings (SSSR count). The van der Waals surface area contributed by atoms with E-state index < -0.39 is 0 Å². The number of amides is 1. The lowest BCUT2D eigenvalue weighted by atomic mass is 10.1. The number of carbonyl (C=O) groups excluding carboxylic acids is 1. The summed E-state index contributed by atoms with van der Waals surface area (Å²) in [5, 5.41) is 5.72. The van der Waals surface area contributed by atoms with Gasteiger partial charge >= 0.3 is 0 Å². The zero-order valence-corrected chi connectivity index (χ0v) is 11.9. The van der Waals surface area contributed by atoms with Crippen molar-refractivity contribution < 1.29 is 4.79 Å². The molecule has 0 unspecified atom stereocenters. The minimum atomic E-state index is -0.182. The molecule has 2 aromatic carbocycles. The molecule has 5 heteroatoms. The fraction of sp³-hybridized carbons (Fsp3) is 0. The summed E-state index contributed by atoms with van der Waals surface area (Å²) in [6.45, 7) is 0. The molecular weight excluding hydrogens is 282 g/mol. The van der Waals surface area contributed by atoms with Crippen LogP contribution in [0.3, 0.4) is 0 Å². The van der Waals surface area contributed by atoms with Crippen molar-refractivity contribution in [1.29, 1.82) is 0 Å². The Morgan fingerprint density at radius 1 is 1.14 bits per heavy atom. The molecule has 21 heavy (non-hydrogen) atoms. The van der Waals surface area contributed by atoms with Gasteiger partial charge in [0, 0.05) is 34.1 Å². The molecule has 0 aliphatic rings. The number of thiazole rings is 1. The molecule has 0 aliphatic heterocycles. The molecule has 1 aromatic heterocycles. The standard InChI is InChI=1S/C16H13N3OS/c17-13-5-1-3-11(9-13)15(20)19-14-6-2-4-12(10-14)16-18-7-8-21-16/h1-10H,17H2,(H,19,20). The van der Waals surface area contributed by atoms with Gasteiger partial charge in [0.05, 0.1) is 0 Å². The van der Waals surface area contributed by atoms with Gasteiger partial charge in [0.2, 0.25) is 0 Å². The molecule has 1 heterocycles. The smallest absolute Gasteiger partial charge is 0.255 e. The number of hydrogen-bond acceptors (Lipinski definition) is 4. The Bertz CT molecular complexity index is 769. The predicted octanol–water partition coefficient (Wildman–Crippen LogP) is 3.64. The predicted molar refractivity (Wildman–Crippen MR) is 86.4 cm³/mol. The minimum absolute atomic E-state index is 0.182. The van der Waals surface area contributed by atoms with E-state index in [1.807, 2.05) is 29.6 Å². The van der Waals surface area contributed by atoms with Crippen molar-refractivity contribution in [2.75, 3.05) is 11.1 Å². The van der Waals surface area contributed by atoms with Gasteiger partial charge < -0.3 is 11.1 Å². The van der Waals surface area contributed by atoms with Crippen molar-refractivity contribution in [3.8, 4) is 10.6 Å². The SMILES string of the molecule is Nc1cccc(C(=O)Nc2cccc(-c3nccs3)c2)c1. The molecule has 0 bridgehead atoms. The Labute approximate surface area is 126 Å². The fourth-order valence-corrected chi connectivity index (χ4v) is 2.61. The van der Waals surface area contributed by atoms with Crippen molar-refractivity contribution >= 4 is 28.6 Å². The van der Waals surface area contributed by atoms with Gasteiger partial charge in [-0.1, -0.05) is 18.2 Å². The van der Waals surface area contributed by atoms with E-state index in [1.54, 1.807) is 41.8 Å². The van der Waals surface area contributed by atoms with Crippen molar-refractivity contribution in [2.45, 2.75) is 0 Å². The molecule has 3 N–H and O–H groups in total. The van der Waals surface area contributed by atoms with E-state index in [9.17, 15) is 4.79 Å². The van der Waals surface area contributed by atoms with E-state index in [0.29, 0.717) is 11.3 Å². The van der Waals surface area contributed by atoms with Crippen LogP contribution in [-0.2, 0) is 0 Å². The maximum atomic E-state index is 12.2. The highest BCUT2D eigenvalue weighted by molar-refractivity contribution is 7.13. The minimum Gasteiger partial charge on any atom is -0.399 e. The van der Waals surface area contributed by atoms with Crippen LogP contribution in [0.15, 0.2) is 60.1 Å². The van der Waals surface area contributed by atoms with Gasteiger partial charge in [0.25, 0.3) is 5.91 Å². The summed E-state index contributed by atoms with van der Waals surface area (Å²) in [5.74, 6) is -0.182. The molecule has 0 spiro atoms. The van der Waals surface area contributed by atoms with Crippen LogP contribution in [0.2, 0.25) is 0 Å². The van der Waals surface area contributed by atoms with Gasteiger partial charge in [-0.15, -0.1) is 11.3 Å². The summed E-state index contributed by atoms with van der Waals surface area (Å²) in [4.78, 5) is 16.5. The zero-order chi connectivity index (χ0) is 14.7. The monoisotopic (exact) mass is 295 g/mol. The summed E-state index contributed by atoms with van der Waals surface area (Å²) >= 11 is 1.56. The van der Waals surface area contributed by atoms with Crippen LogP contribution in [0.1, 0.15) is 10.4 Å². The first kappa shape index (κ1) is 13.3. The second kappa shape index (κ2) is 5.76. The first-order valence-corrected chi connectivity index (χ1v) is 7.27. The van der Waals surface area contributed by atoms with Gasteiger partial charge in [-0.3, -0.25) is 4.79 Å². The third-order valence-corrected chi connectivity index (χ3v) is 3.77. The summed E-state index contributed by atoms with van der Waals surface area (Å²) in [6.07, 6.45) is 1.76. The summed E-state index contributed by atoms with van der Waals surface area (Å²) in [6, 6.07) is 14.5. The Morgan fingerprint density at radius 3 is 2.76 bits per heavy atom. The van der Waals surface area contributed by atoms with Gasteiger partial charge in [-0.05, 0) is 30.3 Å². The number of nitrogens with one attached hydrogen (secondary N) is 1. The maximum absolute atomic E-state index is 12.2. The number of rotatable bonds is 3. The average molecular weight is 295 g/mol. The van der Waals surface area contributed by atoms with Gasteiger partial charge in [0.1, 0.15) is 5.01 Å². The molecular formula is C16H13N3OS. The number of hydrogen-bond donors (Lipinski definition) is 2. The molecule has 0 aliphatic carbocycles. The van der Waals surface area contributed by atoms with Gasteiger partial charge in [-0.2, -0.15) is 0 Å². The van der Waals surface area contributed by atoms with Crippen molar-refractivity contribution in [1.82, 2.24) is 4.98 Å². The Morgan fingerprint density at radius 2 is 2.00 bits per heavy atom. The third-order valence-electron chi connectivity index (χ3n) is 2.95. The molecule has 0 atom stereocenters. The van der Waals surface area contributed by atoms with Crippen molar-refractivity contribution in [3.63, 3.8) is 0 Å². The van der Waals surface area contributed by atoms with Crippen LogP contribution in [0, 0.1) is 0 Å². The van der Waals surface area contributed by atoms with E-state index in [1.165, 1.54) is 0 Å². The highest BCUT2D eigenvalue weighted by Gasteiger charge is 2.07. The largest absolute Gasteiger partial charge is 0.399 e. The van der Waals surface area contributed by atoms with Crippen molar-refractivity contribution in [2.24, 2.45) is 0 Å². The maximum Gasteiger partial charge on any atom is 0.255 e. The molecule has 0 saturated carbocycles. The number of nitrogens with two attached hydrogens (primary N) is 1. The second-order valence-electron chi connectivity index (χ2n) is 4.50. The molecule has 1 amide bonds. The van der Waals surface area contributed by atoms with Crippen molar-refractivity contribution in [3.05, 3.63) is 65.7 Å². The molecule has 4 nitrogen and oxygen atoms in total.